The third-order valence-electron chi connectivity index (χ3n) is 2.03. The van der Waals surface area contributed by atoms with Crippen LogP contribution in [0.25, 0.3) is 0 Å². The predicted molar refractivity (Wildman–Crippen MR) is 52.9 cm³/mol. The quantitative estimate of drug-likeness (QED) is 0.306. The van der Waals surface area contributed by atoms with Gasteiger partial charge in [-0.15, -0.1) is 0 Å². The summed E-state index contributed by atoms with van der Waals surface area (Å²) in [6, 6.07) is 0. The fourth-order valence-electron chi connectivity index (χ4n) is 1.26. The van der Waals surface area contributed by atoms with Crippen molar-refractivity contribution in [2.24, 2.45) is 0 Å². The third-order valence-corrected chi connectivity index (χ3v) is 2.82. The van der Waals surface area contributed by atoms with E-state index in [1.165, 1.54) is 0 Å². The van der Waals surface area contributed by atoms with Crippen LogP contribution < -0.4 is 29.6 Å². The number of alkyl halides is 1. The molecule has 0 aromatic heterocycles. The zero-order valence-electron chi connectivity index (χ0n) is 9.37. The van der Waals surface area contributed by atoms with Gasteiger partial charge in [0.2, 0.25) is 0 Å². The Morgan fingerprint density at radius 1 is 0.867 bits per heavy atom. The van der Waals surface area contributed by atoms with E-state index in [1.54, 1.807) is 0 Å². The molecule has 0 aliphatic rings. The van der Waals surface area contributed by atoms with Crippen LogP contribution in [0, 0.1) is 0 Å². The summed E-state index contributed by atoms with van der Waals surface area (Å²) in [5, 5.41) is 0. The van der Waals surface area contributed by atoms with E-state index in [-0.39, 0.29) is 42.0 Å². The van der Waals surface area contributed by atoms with Gasteiger partial charge in [-0.2, -0.15) is 0 Å². The van der Waals surface area contributed by atoms with Crippen molar-refractivity contribution >= 4 is 10.1 Å². The largest absolute Gasteiger partial charge is 1.00 e. The van der Waals surface area contributed by atoms with E-state index >= 15 is 0 Å². The first-order valence-corrected chi connectivity index (χ1v) is 6.63. The van der Waals surface area contributed by atoms with Crippen molar-refractivity contribution < 1.29 is 46.9 Å². The molecule has 0 amide bonds. The summed E-state index contributed by atoms with van der Waals surface area (Å²) in [6.07, 6.45) is 5.67. The predicted octanol–water partition coefficient (Wildman–Crippen LogP) is -0.764. The van der Waals surface area contributed by atoms with E-state index < -0.39 is 10.1 Å². The number of halogens is 1. The van der Waals surface area contributed by atoms with Gasteiger partial charge in [0, 0.05) is 5.75 Å². The van der Waals surface area contributed by atoms with Gasteiger partial charge in [-0.3, -0.25) is 4.39 Å². The fourth-order valence-corrected chi connectivity index (χ4v) is 1.81. The molecule has 0 saturated heterocycles. The Labute approximate surface area is 114 Å². The third kappa shape index (κ3) is 17.5. The Kier molecular flexibility index (Phi) is 13.8. The molecule has 86 valence electrons. The molecule has 0 aliphatic carbocycles. The van der Waals surface area contributed by atoms with Gasteiger partial charge in [-0.1, -0.05) is 32.1 Å². The molecule has 3 nitrogen and oxygen atoms in total. The van der Waals surface area contributed by atoms with Crippen LogP contribution in [-0.4, -0.2) is 25.4 Å². The van der Waals surface area contributed by atoms with Gasteiger partial charge in [-0.05, 0) is 12.8 Å². The molecule has 0 saturated carbocycles. The Morgan fingerprint density at radius 3 is 1.67 bits per heavy atom. The number of hydrogen-bond acceptors (Lipinski definition) is 3. The SMILES string of the molecule is O=S(=O)([O-])CCCCCCCCCF.[Na+]. The van der Waals surface area contributed by atoms with E-state index in [2.05, 4.69) is 0 Å². The zero-order valence-corrected chi connectivity index (χ0v) is 12.2. The monoisotopic (exact) mass is 248 g/mol. The summed E-state index contributed by atoms with van der Waals surface area (Å²) in [6.45, 7) is -0.256. The zero-order chi connectivity index (χ0) is 10.9. The second kappa shape index (κ2) is 11.3. The van der Waals surface area contributed by atoms with Crippen molar-refractivity contribution in [3.63, 3.8) is 0 Å². The molecule has 0 rings (SSSR count). The van der Waals surface area contributed by atoms with Crippen LogP contribution >= 0.6 is 0 Å². The minimum absolute atomic E-state index is 0. The molecular formula is C9H18FNaO3S. The smallest absolute Gasteiger partial charge is 0.748 e. The average Bonchev–Trinajstić information content (AvgIpc) is 2.08. The number of hydrogen-bond donors (Lipinski definition) is 0. The van der Waals surface area contributed by atoms with Gasteiger partial charge >= 0.3 is 29.6 Å². The minimum Gasteiger partial charge on any atom is -0.748 e. The Balaban J connectivity index is 0. The number of unbranched alkanes of at least 4 members (excludes halogenated alkanes) is 6. The molecule has 0 N–H and O–H groups in total. The Hall–Kier alpha value is 0.840. The molecule has 0 heterocycles. The molecule has 0 fully saturated rings. The molecule has 0 bridgehead atoms. The molecule has 0 aromatic rings. The molecule has 0 unspecified atom stereocenters. The Bertz CT molecular complexity index is 219. The topological polar surface area (TPSA) is 57.2 Å². The first kappa shape index (κ1) is 18.2. The van der Waals surface area contributed by atoms with Gasteiger partial charge in [0.25, 0.3) is 0 Å². The van der Waals surface area contributed by atoms with Crippen molar-refractivity contribution in [2.75, 3.05) is 12.4 Å². The van der Waals surface area contributed by atoms with Gasteiger partial charge in [-0.25, -0.2) is 8.42 Å². The maximum absolute atomic E-state index is 11.7. The summed E-state index contributed by atoms with van der Waals surface area (Å²) in [7, 11) is -4.03. The van der Waals surface area contributed by atoms with Gasteiger partial charge in [0.05, 0.1) is 16.8 Å². The van der Waals surface area contributed by atoms with Crippen molar-refractivity contribution in [1.29, 1.82) is 0 Å². The molecule has 0 atom stereocenters. The summed E-state index contributed by atoms with van der Waals surface area (Å²) in [5.74, 6) is -0.252. The van der Waals surface area contributed by atoms with Crippen LogP contribution in [0.3, 0.4) is 0 Å². The molecule has 0 aliphatic heterocycles. The van der Waals surface area contributed by atoms with Crippen LogP contribution in [0.5, 0.6) is 0 Å². The van der Waals surface area contributed by atoms with Crippen LogP contribution in [0.4, 0.5) is 4.39 Å². The van der Waals surface area contributed by atoms with Crippen LogP contribution in [0.1, 0.15) is 44.9 Å². The first-order chi connectivity index (χ1) is 6.56. The standard InChI is InChI=1S/C9H19FO3S.Na/c10-8-6-4-2-1-3-5-7-9-14(11,12)13;/h1-9H2,(H,11,12,13);/q;+1/p-1. The van der Waals surface area contributed by atoms with E-state index in [4.69, 9.17) is 0 Å². The van der Waals surface area contributed by atoms with Crippen LogP contribution in [-0.2, 0) is 10.1 Å². The Morgan fingerprint density at radius 2 is 1.27 bits per heavy atom. The summed E-state index contributed by atoms with van der Waals surface area (Å²) >= 11 is 0. The van der Waals surface area contributed by atoms with Crippen LogP contribution in [0.2, 0.25) is 0 Å². The van der Waals surface area contributed by atoms with Crippen molar-refractivity contribution in [1.82, 2.24) is 0 Å². The second-order valence-electron chi connectivity index (χ2n) is 3.43. The molecule has 6 heteroatoms. The molecule has 0 spiro atoms. The minimum atomic E-state index is -4.03. The average molecular weight is 248 g/mol. The van der Waals surface area contributed by atoms with Crippen molar-refractivity contribution in [3.8, 4) is 0 Å². The summed E-state index contributed by atoms with van der Waals surface area (Å²) in [4.78, 5) is 0. The summed E-state index contributed by atoms with van der Waals surface area (Å²) in [5.41, 5.74) is 0. The maximum Gasteiger partial charge on any atom is 1.00 e. The molecule has 0 aromatic carbocycles. The fraction of sp³-hybridized carbons (Fsp3) is 1.00. The normalized spacial score (nSPS) is 11.1. The van der Waals surface area contributed by atoms with E-state index in [0.717, 1.165) is 32.1 Å². The van der Waals surface area contributed by atoms with Crippen molar-refractivity contribution in [2.45, 2.75) is 44.9 Å². The summed E-state index contributed by atoms with van der Waals surface area (Å²) < 4.78 is 42.3. The van der Waals surface area contributed by atoms with Gasteiger partial charge < -0.3 is 4.55 Å². The molecule has 0 radical (unpaired) electrons. The first-order valence-electron chi connectivity index (χ1n) is 5.06. The van der Waals surface area contributed by atoms with Crippen molar-refractivity contribution in [3.05, 3.63) is 0 Å². The van der Waals surface area contributed by atoms with Crippen LogP contribution in [0.15, 0.2) is 0 Å². The van der Waals surface area contributed by atoms with E-state index in [1.807, 2.05) is 0 Å². The second-order valence-corrected chi connectivity index (χ2v) is 4.95. The van der Waals surface area contributed by atoms with Gasteiger partial charge in [0.1, 0.15) is 0 Å². The maximum atomic E-state index is 11.7. The molecule has 15 heavy (non-hydrogen) atoms. The molecular weight excluding hydrogens is 230 g/mol. The van der Waals surface area contributed by atoms with E-state index in [9.17, 15) is 17.4 Å². The van der Waals surface area contributed by atoms with Gasteiger partial charge in [0.15, 0.2) is 0 Å². The number of rotatable bonds is 9. The van der Waals surface area contributed by atoms with E-state index in [0.29, 0.717) is 12.8 Å².